The van der Waals surface area contributed by atoms with Gasteiger partial charge >= 0.3 is 6.03 Å². The largest absolute Gasteiger partial charge is 0.495 e. The summed E-state index contributed by atoms with van der Waals surface area (Å²) in [6.45, 7) is 1.16. The maximum Gasteiger partial charge on any atom is 0.331 e. The van der Waals surface area contributed by atoms with Crippen LogP contribution in [0.5, 0.6) is 5.75 Å². The zero-order valence-electron chi connectivity index (χ0n) is 16.0. The minimum Gasteiger partial charge on any atom is -0.495 e. The van der Waals surface area contributed by atoms with E-state index < -0.39 is 33.0 Å². The van der Waals surface area contributed by atoms with Crippen molar-refractivity contribution in [2.45, 2.75) is 5.25 Å². The highest BCUT2D eigenvalue weighted by molar-refractivity contribution is 7.91. The lowest BCUT2D eigenvalue weighted by atomic mass is 10.2. The van der Waals surface area contributed by atoms with Gasteiger partial charge in [0.25, 0.3) is 5.91 Å². The summed E-state index contributed by atoms with van der Waals surface area (Å²) >= 11 is 0. The molecule has 2 heterocycles. The van der Waals surface area contributed by atoms with Gasteiger partial charge in [-0.1, -0.05) is 12.1 Å². The number of rotatable bonds is 4. The van der Waals surface area contributed by atoms with E-state index in [4.69, 9.17) is 10.1 Å². The summed E-state index contributed by atoms with van der Waals surface area (Å²) in [5, 5.41) is 6.32. The molecule has 0 saturated carbocycles. The smallest absolute Gasteiger partial charge is 0.331 e. The molecule has 28 heavy (non-hydrogen) atoms. The molecule has 0 aliphatic carbocycles. The molecule has 0 bridgehead atoms. The molecule has 3 amide bonds. The molecule has 2 aliphatic heterocycles. The highest BCUT2D eigenvalue weighted by Gasteiger charge is 2.50. The number of amides is 3. The molecule has 1 aromatic carbocycles. The number of anilines is 1. The van der Waals surface area contributed by atoms with Gasteiger partial charge in [-0.3, -0.25) is 20.0 Å². The van der Waals surface area contributed by atoms with Gasteiger partial charge in [0.2, 0.25) is 15.3 Å². The molecule has 152 valence electrons. The number of nitrogens with one attached hydrogen (secondary N) is 1. The molecule has 2 saturated heterocycles. The Morgan fingerprint density at radius 3 is 2.25 bits per heavy atom. The van der Waals surface area contributed by atoms with Crippen molar-refractivity contribution in [2.24, 2.45) is 0 Å². The fourth-order valence-electron chi connectivity index (χ4n) is 3.38. The van der Waals surface area contributed by atoms with E-state index in [1.807, 2.05) is 29.2 Å². The van der Waals surface area contributed by atoms with Crippen molar-refractivity contribution in [1.29, 1.82) is 5.41 Å². The Balaban J connectivity index is 1.79. The second-order valence-corrected chi connectivity index (χ2v) is 8.62. The minimum absolute atomic E-state index is 0.165. The summed E-state index contributed by atoms with van der Waals surface area (Å²) in [5.41, 5.74) is 0.869. The summed E-state index contributed by atoms with van der Waals surface area (Å²) in [6, 6.07) is 6.76. The van der Waals surface area contributed by atoms with Gasteiger partial charge in [0, 0.05) is 40.3 Å². The lowest BCUT2D eigenvalue weighted by Gasteiger charge is -2.40. The summed E-state index contributed by atoms with van der Waals surface area (Å²) in [5.74, 6) is -0.731. The average molecular weight is 409 g/mol. The van der Waals surface area contributed by atoms with Crippen molar-refractivity contribution in [1.82, 2.24) is 14.1 Å². The van der Waals surface area contributed by atoms with Crippen LogP contribution in [0.2, 0.25) is 0 Å². The van der Waals surface area contributed by atoms with Crippen molar-refractivity contribution in [2.75, 3.05) is 52.3 Å². The molecular weight excluding hydrogens is 386 g/mol. The van der Waals surface area contributed by atoms with Crippen LogP contribution in [0.15, 0.2) is 24.3 Å². The topological polar surface area (TPSA) is 114 Å². The number of benzene rings is 1. The van der Waals surface area contributed by atoms with E-state index in [1.54, 1.807) is 7.11 Å². The molecule has 0 aromatic heterocycles. The number of methoxy groups -OCH3 is 1. The first kappa shape index (κ1) is 20.1. The predicted octanol–water partition coefficient (Wildman–Crippen LogP) is 0.0167. The molecule has 2 aliphatic rings. The van der Waals surface area contributed by atoms with E-state index in [9.17, 15) is 18.0 Å². The normalized spacial score (nSPS) is 22.0. The number of carbonyl (C=O) groups excluding carboxylic acids is 2. The molecule has 1 atom stereocenters. The first-order chi connectivity index (χ1) is 13.2. The zero-order valence-corrected chi connectivity index (χ0v) is 16.8. The molecule has 10 nitrogen and oxygen atoms in total. The van der Waals surface area contributed by atoms with Crippen molar-refractivity contribution in [3.63, 3.8) is 0 Å². The number of piperazine rings is 1. The average Bonchev–Trinajstić information content (AvgIpc) is 2.70. The molecule has 1 aromatic rings. The van der Waals surface area contributed by atoms with E-state index in [0.29, 0.717) is 18.8 Å². The molecule has 1 unspecified atom stereocenters. The number of para-hydroxylation sites is 2. The van der Waals surface area contributed by atoms with Crippen molar-refractivity contribution in [3.8, 4) is 5.75 Å². The van der Waals surface area contributed by atoms with E-state index in [1.165, 1.54) is 18.4 Å². The molecule has 11 heteroatoms. The predicted molar refractivity (Wildman–Crippen MR) is 103 cm³/mol. The van der Waals surface area contributed by atoms with Gasteiger partial charge in [0.15, 0.2) is 0 Å². The number of carbonyl (C=O) groups is 2. The van der Waals surface area contributed by atoms with Gasteiger partial charge in [-0.25, -0.2) is 13.2 Å². The summed E-state index contributed by atoms with van der Waals surface area (Å²) < 4.78 is 32.7. The van der Waals surface area contributed by atoms with E-state index >= 15 is 0 Å². The molecule has 2 fully saturated rings. The Hall–Kier alpha value is -2.66. The fourth-order valence-corrected chi connectivity index (χ4v) is 5.21. The third-order valence-electron chi connectivity index (χ3n) is 5.06. The van der Waals surface area contributed by atoms with Crippen LogP contribution in [0.3, 0.4) is 0 Å². The van der Waals surface area contributed by atoms with Gasteiger partial charge < -0.3 is 9.64 Å². The first-order valence-electron chi connectivity index (χ1n) is 8.70. The van der Waals surface area contributed by atoms with Crippen LogP contribution >= 0.6 is 0 Å². The van der Waals surface area contributed by atoms with E-state index in [-0.39, 0.29) is 13.1 Å². The van der Waals surface area contributed by atoms with Crippen LogP contribution in [0.25, 0.3) is 0 Å². The fraction of sp³-hybridized carbons (Fsp3) is 0.471. The van der Waals surface area contributed by atoms with Crippen LogP contribution in [-0.4, -0.2) is 92.9 Å². The van der Waals surface area contributed by atoms with Crippen molar-refractivity contribution in [3.05, 3.63) is 24.3 Å². The van der Waals surface area contributed by atoms with Gasteiger partial charge in [-0.05, 0) is 12.1 Å². The number of ether oxygens (including phenoxy) is 1. The maximum atomic E-state index is 13.1. The lowest BCUT2D eigenvalue weighted by Crippen LogP contribution is -2.64. The third kappa shape index (κ3) is 3.20. The van der Waals surface area contributed by atoms with Gasteiger partial charge in [-0.15, -0.1) is 0 Å². The quantitative estimate of drug-likeness (QED) is 0.750. The number of urea groups is 1. The van der Waals surface area contributed by atoms with E-state index in [0.717, 1.165) is 15.5 Å². The minimum atomic E-state index is -4.13. The first-order valence-corrected chi connectivity index (χ1v) is 10.2. The van der Waals surface area contributed by atoms with Gasteiger partial charge in [0.1, 0.15) is 11.6 Å². The summed E-state index contributed by atoms with van der Waals surface area (Å²) in [4.78, 5) is 28.0. The van der Waals surface area contributed by atoms with Crippen molar-refractivity contribution < 1.29 is 22.7 Å². The SMILES string of the molecule is COc1ccccc1N1CCN(S(=O)(=O)C2C(=N)N(C)C(=O)N(C)C2=O)CC1. The number of amidine groups is 1. The maximum absolute atomic E-state index is 13.1. The summed E-state index contributed by atoms with van der Waals surface area (Å²) in [6.07, 6.45) is 0. The van der Waals surface area contributed by atoms with Crippen LogP contribution < -0.4 is 9.64 Å². The zero-order chi connectivity index (χ0) is 20.6. The van der Waals surface area contributed by atoms with Crippen LogP contribution in [0.1, 0.15) is 0 Å². The van der Waals surface area contributed by atoms with Crippen molar-refractivity contribution >= 4 is 33.5 Å². The Labute approximate surface area is 163 Å². The highest BCUT2D eigenvalue weighted by atomic mass is 32.2. The van der Waals surface area contributed by atoms with Gasteiger partial charge in [-0.2, -0.15) is 4.31 Å². The number of hydrogen-bond acceptors (Lipinski definition) is 7. The van der Waals surface area contributed by atoms with E-state index in [2.05, 4.69) is 0 Å². The van der Waals surface area contributed by atoms with Crippen LogP contribution in [0, 0.1) is 5.41 Å². The third-order valence-corrected chi connectivity index (χ3v) is 7.17. The highest BCUT2D eigenvalue weighted by Crippen LogP contribution is 2.29. The standard InChI is InChI=1S/C17H23N5O5S/c1-19-15(18)14(16(23)20(2)17(19)24)28(25,26)22-10-8-21(9-11-22)12-6-4-5-7-13(12)27-3/h4-7,14,18H,8-11H2,1-3H3. The Morgan fingerprint density at radius 2 is 1.64 bits per heavy atom. The number of hydrogen-bond donors (Lipinski definition) is 1. The second-order valence-electron chi connectivity index (χ2n) is 6.61. The molecule has 0 radical (unpaired) electrons. The van der Waals surface area contributed by atoms with Gasteiger partial charge in [0.05, 0.1) is 12.8 Å². The van der Waals surface area contributed by atoms with Crippen LogP contribution in [0.4, 0.5) is 10.5 Å². The number of nitrogens with zero attached hydrogens (tertiary/aromatic N) is 4. The Kier molecular flexibility index (Phi) is 5.31. The monoisotopic (exact) mass is 409 g/mol. The van der Waals surface area contributed by atoms with Crippen LogP contribution in [-0.2, 0) is 14.8 Å². The number of imide groups is 1. The number of sulfonamides is 1. The molecule has 0 spiro atoms. The Bertz CT molecular complexity index is 886. The Morgan fingerprint density at radius 1 is 1.04 bits per heavy atom. The molecular formula is C17H23N5O5S. The summed E-state index contributed by atoms with van der Waals surface area (Å²) in [7, 11) is -0.0453. The second kappa shape index (κ2) is 7.40. The molecule has 3 rings (SSSR count). The lowest BCUT2D eigenvalue weighted by molar-refractivity contribution is -0.126. The molecule has 1 N–H and O–H groups in total.